The largest absolute Gasteiger partial charge is 0.261 e. The quantitative estimate of drug-likeness (QED) is 0.756. The normalized spacial score (nSPS) is 10.8. The molecule has 72 valence electrons. The van der Waals surface area contributed by atoms with Gasteiger partial charge >= 0.3 is 0 Å². The summed E-state index contributed by atoms with van der Waals surface area (Å²) >= 11 is 1.67. The maximum atomic E-state index is 4.50. The molecule has 0 aliphatic rings. The van der Waals surface area contributed by atoms with Gasteiger partial charge in [-0.25, -0.2) is 4.98 Å². The summed E-state index contributed by atoms with van der Waals surface area (Å²) in [6.07, 6.45) is 5.09. The van der Waals surface area contributed by atoms with E-state index < -0.39 is 0 Å². The fourth-order valence-electron chi connectivity index (χ4n) is 1.10. The van der Waals surface area contributed by atoms with Crippen LogP contribution in [0.2, 0.25) is 0 Å². The van der Waals surface area contributed by atoms with Crippen LogP contribution in [0.1, 0.15) is 24.8 Å². The summed E-state index contributed by atoms with van der Waals surface area (Å²) in [5, 5.41) is 3.17. The van der Waals surface area contributed by atoms with Crippen LogP contribution in [0.25, 0.3) is 11.4 Å². The van der Waals surface area contributed by atoms with E-state index >= 15 is 0 Å². The predicted molar refractivity (Wildman–Crippen MR) is 57.2 cm³/mol. The van der Waals surface area contributed by atoms with Crippen LogP contribution in [-0.2, 0) is 0 Å². The standard InChI is InChI=1S/C10H11N3S/c1-7(2)10-13-9(6-14-10)8-5-11-3-4-12-8/h3-7H,1-2H3. The molecule has 0 unspecified atom stereocenters. The Balaban J connectivity index is 2.34. The minimum atomic E-state index is 0.477. The third-order valence-electron chi connectivity index (χ3n) is 1.84. The highest BCUT2D eigenvalue weighted by Crippen LogP contribution is 2.24. The molecule has 2 rings (SSSR count). The van der Waals surface area contributed by atoms with Crippen molar-refractivity contribution in [2.45, 2.75) is 19.8 Å². The van der Waals surface area contributed by atoms with Crippen molar-refractivity contribution in [2.24, 2.45) is 0 Å². The lowest BCUT2D eigenvalue weighted by atomic mass is 10.2. The molecular weight excluding hydrogens is 194 g/mol. The van der Waals surface area contributed by atoms with Gasteiger partial charge in [0.25, 0.3) is 0 Å². The van der Waals surface area contributed by atoms with Gasteiger partial charge in [0.05, 0.1) is 11.2 Å². The Kier molecular flexibility index (Phi) is 2.54. The zero-order valence-corrected chi connectivity index (χ0v) is 8.95. The van der Waals surface area contributed by atoms with Crippen molar-refractivity contribution in [3.63, 3.8) is 0 Å². The minimum Gasteiger partial charge on any atom is -0.261 e. The van der Waals surface area contributed by atoms with Crippen molar-refractivity contribution in [2.75, 3.05) is 0 Å². The first-order valence-electron chi connectivity index (χ1n) is 4.49. The third-order valence-corrected chi connectivity index (χ3v) is 2.99. The summed E-state index contributed by atoms with van der Waals surface area (Å²) in [7, 11) is 0. The van der Waals surface area contributed by atoms with Gasteiger partial charge in [0.2, 0.25) is 0 Å². The molecule has 0 N–H and O–H groups in total. The number of hydrogen-bond acceptors (Lipinski definition) is 4. The lowest BCUT2D eigenvalue weighted by Gasteiger charge is -1.96. The number of aromatic nitrogens is 3. The lowest BCUT2D eigenvalue weighted by molar-refractivity contribution is 0.853. The Bertz CT molecular complexity index is 408. The van der Waals surface area contributed by atoms with E-state index in [9.17, 15) is 0 Å². The monoisotopic (exact) mass is 205 g/mol. The van der Waals surface area contributed by atoms with Crippen LogP contribution in [0, 0.1) is 0 Å². The summed E-state index contributed by atoms with van der Waals surface area (Å²) in [6.45, 7) is 4.28. The lowest BCUT2D eigenvalue weighted by Crippen LogP contribution is -1.87. The molecule has 0 amide bonds. The molecule has 4 heteroatoms. The molecule has 0 radical (unpaired) electrons. The van der Waals surface area contributed by atoms with Crippen LogP contribution in [-0.4, -0.2) is 15.0 Å². The molecule has 0 aliphatic carbocycles. The second-order valence-electron chi connectivity index (χ2n) is 3.32. The first-order valence-corrected chi connectivity index (χ1v) is 5.37. The molecule has 2 aromatic heterocycles. The van der Waals surface area contributed by atoms with Gasteiger partial charge in [-0.05, 0) is 0 Å². The summed E-state index contributed by atoms with van der Waals surface area (Å²) < 4.78 is 0. The smallest absolute Gasteiger partial charge is 0.108 e. The average Bonchev–Trinajstić information content (AvgIpc) is 2.68. The molecule has 2 aromatic rings. The predicted octanol–water partition coefficient (Wildman–Crippen LogP) is 2.72. The highest BCUT2D eigenvalue weighted by Gasteiger charge is 2.07. The maximum Gasteiger partial charge on any atom is 0.108 e. The van der Waals surface area contributed by atoms with Crippen molar-refractivity contribution in [3.05, 3.63) is 29.0 Å². The molecule has 0 aromatic carbocycles. The average molecular weight is 205 g/mol. The highest BCUT2D eigenvalue weighted by molar-refractivity contribution is 7.10. The van der Waals surface area contributed by atoms with E-state index in [1.54, 1.807) is 29.9 Å². The van der Waals surface area contributed by atoms with Gasteiger partial charge in [-0.1, -0.05) is 13.8 Å². The topological polar surface area (TPSA) is 38.7 Å². The Hall–Kier alpha value is -1.29. The summed E-state index contributed by atoms with van der Waals surface area (Å²) in [4.78, 5) is 12.7. The number of hydrogen-bond donors (Lipinski definition) is 0. The van der Waals surface area contributed by atoms with Gasteiger partial charge in [-0.3, -0.25) is 9.97 Å². The highest BCUT2D eigenvalue weighted by atomic mass is 32.1. The van der Waals surface area contributed by atoms with Gasteiger partial charge in [0, 0.05) is 23.7 Å². The Morgan fingerprint density at radius 2 is 2.07 bits per heavy atom. The second-order valence-corrected chi connectivity index (χ2v) is 4.21. The Labute approximate surface area is 86.9 Å². The van der Waals surface area contributed by atoms with Gasteiger partial charge < -0.3 is 0 Å². The zero-order chi connectivity index (χ0) is 9.97. The van der Waals surface area contributed by atoms with Crippen molar-refractivity contribution in [1.82, 2.24) is 15.0 Å². The summed E-state index contributed by atoms with van der Waals surface area (Å²) in [5.74, 6) is 0.477. The van der Waals surface area contributed by atoms with Crippen LogP contribution in [0.15, 0.2) is 24.0 Å². The molecule has 0 spiro atoms. The minimum absolute atomic E-state index is 0.477. The SMILES string of the molecule is CC(C)c1nc(-c2cnccn2)cs1. The van der Waals surface area contributed by atoms with Gasteiger partial charge in [-0.2, -0.15) is 0 Å². The molecular formula is C10H11N3S. The Morgan fingerprint density at radius 3 is 2.64 bits per heavy atom. The van der Waals surface area contributed by atoms with E-state index in [1.807, 2.05) is 5.38 Å². The fraction of sp³-hybridized carbons (Fsp3) is 0.300. The van der Waals surface area contributed by atoms with Crippen molar-refractivity contribution in [3.8, 4) is 11.4 Å². The molecule has 2 heterocycles. The first kappa shape index (κ1) is 9.27. The second kappa shape index (κ2) is 3.84. The van der Waals surface area contributed by atoms with Crippen LogP contribution in [0.3, 0.4) is 0 Å². The van der Waals surface area contributed by atoms with Gasteiger partial charge in [-0.15, -0.1) is 11.3 Å². The molecule has 3 nitrogen and oxygen atoms in total. The van der Waals surface area contributed by atoms with E-state index in [-0.39, 0.29) is 0 Å². The Morgan fingerprint density at radius 1 is 1.21 bits per heavy atom. The maximum absolute atomic E-state index is 4.50. The van der Waals surface area contributed by atoms with Crippen LogP contribution in [0.5, 0.6) is 0 Å². The number of nitrogens with zero attached hydrogens (tertiary/aromatic N) is 3. The molecule has 0 atom stereocenters. The number of rotatable bonds is 2. The van der Waals surface area contributed by atoms with Crippen molar-refractivity contribution >= 4 is 11.3 Å². The van der Waals surface area contributed by atoms with Crippen LogP contribution >= 0.6 is 11.3 Å². The van der Waals surface area contributed by atoms with E-state index in [0.29, 0.717) is 5.92 Å². The van der Waals surface area contributed by atoms with E-state index in [0.717, 1.165) is 16.4 Å². The molecule has 0 saturated heterocycles. The van der Waals surface area contributed by atoms with Crippen molar-refractivity contribution in [1.29, 1.82) is 0 Å². The van der Waals surface area contributed by atoms with E-state index in [2.05, 4.69) is 28.8 Å². The molecule has 0 fully saturated rings. The zero-order valence-electron chi connectivity index (χ0n) is 8.14. The third kappa shape index (κ3) is 1.80. The van der Waals surface area contributed by atoms with Crippen LogP contribution < -0.4 is 0 Å². The van der Waals surface area contributed by atoms with Crippen molar-refractivity contribution < 1.29 is 0 Å². The van der Waals surface area contributed by atoms with E-state index in [4.69, 9.17) is 0 Å². The summed E-state index contributed by atoms with van der Waals surface area (Å²) in [5.41, 5.74) is 1.77. The molecule has 14 heavy (non-hydrogen) atoms. The molecule has 0 aliphatic heterocycles. The molecule has 0 bridgehead atoms. The number of thiazole rings is 1. The van der Waals surface area contributed by atoms with Gasteiger partial charge in [0.1, 0.15) is 11.4 Å². The molecule has 0 saturated carbocycles. The first-order chi connectivity index (χ1) is 6.77. The van der Waals surface area contributed by atoms with E-state index in [1.165, 1.54) is 0 Å². The summed E-state index contributed by atoms with van der Waals surface area (Å²) in [6, 6.07) is 0. The fourth-order valence-corrected chi connectivity index (χ4v) is 1.93. The van der Waals surface area contributed by atoms with Crippen LogP contribution in [0.4, 0.5) is 0 Å². The van der Waals surface area contributed by atoms with Gasteiger partial charge in [0.15, 0.2) is 0 Å².